The third-order valence-corrected chi connectivity index (χ3v) is 4.37. The highest BCUT2D eigenvalue weighted by Crippen LogP contribution is 2.25. The van der Waals surface area contributed by atoms with Gasteiger partial charge in [-0.25, -0.2) is 8.42 Å². The van der Waals surface area contributed by atoms with E-state index in [4.69, 9.17) is 0 Å². The molecular weight excluding hydrogens is 308 g/mol. The summed E-state index contributed by atoms with van der Waals surface area (Å²) in [5.74, 6) is -0.247. The summed E-state index contributed by atoms with van der Waals surface area (Å²) >= 11 is 4.19. The van der Waals surface area contributed by atoms with Crippen LogP contribution in [0.3, 0.4) is 0 Å². The molecule has 0 saturated heterocycles. The first-order valence-electron chi connectivity index (χ1n) is 6.07. The molecule has 0 unspecified atom stereocenters. The molecule has 110 valence electrons. The number of amides is 1. The highest BCUT2D eigenvalue weighted by atomic mass is 32.2. The summed E-state index contributed by atoms with van der Waals surface area (Å²) in [6.45, 7) is 1.37. The van der Waals surface area contributed by atoms with Gasteiger partial charge in [0.25, 0.3) is 10.0 Å². The fourth-order valence-electron chi connectivity index (χ4n) is 1.69. The molecule has 1 amide bonds. The minimum absolute atomic E-state index is 0.0745. The Morgan fingerprint density at radius 2 is 1.76 bits per heavy atom. The molecule has 0 aliphatic heterocycles. The second kappa shape index (κ2) is 6.19. The predicted molar refractivity (Wildman–Crippen MR) is 85.2 cm³/mol. The Morgan fingerprint density at radius 3 is 2.33 bits per heavy atom. The van der Waals surface area contributed by atoms with Crippen molar-refractivity contribution in [3.63, 3.8) is 0 Å². The SMILES string of the molecule is CC(=O)Nc1ccc(S(=O)(=O)Nc2ccccc2)cc1S. The van der Waals surface area contributed by atoms with Crippen LogP contribution in [0.2, 0.25) is 0 Å². The van der Waals surface area contributed by atoms with Gasteiger partial charge in [0.15, 0.2) is 0 Å². The summed E-state index contributed by atoms with van der Waals surface area (Å²) in [6.07, 6.45) is 0. The largest absolute Gasteiger partial charge is 0.325 e. The van der Waals surface area contributed by atoms with E-state index in [1.54, 1.807) is 30.3 Å². The molecular formula is C14H14N2O3S2. The molecule has 2 N–H and O–H groups in total. The fourth-order valence-corrected chi connectivity index (χ4v) is 3.14. The van der Waals surface area contributed by atoms with Crippen LogP contribution in [0, 0.1) is 0 Å². The zero-order chi connectivity index (χ0) is 15.5. The van der Waals surface area contributed by atoms with Crippen LogP contribution >= 0.6 is 12.6 Å². The predicted octanol–water partition coefficient (Wildman–Crippen LogP) is 2.73. The first-order chi connectivity index (χ1) is 9.88. The van der Waals surface area contributed by atoms with Crippen LogP contribution in [0.5, 0.6) is 0 Å². The number of benzene rings is 2. The van der Waals surface area contributed by atoms with Gasteiger partial charge < -0.3 is 5.32 Å². The molecule has 2 aromatic rings. The van der Waals surface area contributed by atoms with Crippen LogP contribution in [0.1, 0.15) is 6.92 Å². The second-order valence-corrected chi connectivity index (χ2v) is 6.50. The highest BCUT2D eigenvalue weighted by molar-refractivity contribution is 7.92. The van der Waals surface area contributed by atoms with Crippen molar-refractivity contribution in [3.05, 3.63) is 48.5 Å². The number of thiol groups is 1. The number of anilines is 2. The van der Waals surface area contributed by atoms with E-state index in [1.807, 2.05) is 0 Å². The number of para-hydroxylation sites is 1. The molecule has 0 aliphatic carbocycles. The first kappa shape index (κ1) is 15.4. The molecule has 0 atom stereocenters. The molecule has 0 saturated carbocycles. The number of sulfonamides is 1. The summed E-state index contributed by atoms with van der Waals surface area (Å²) in [4.78, 5) is 11.5. The number of hydrogen-bond donors (Lipinski definition) is 3. The number of hydrogen-bond acceptors (Lipinski definition) is 4. The van der Waals surface area contributed by atoms with Gasteiger partial charge in [0, 0.05) is 17.5 Å². The molecule has 0 heterocycles. The number of rotatable bonds is 4. The van der Waals surface area contributed by atoms with E-state index < -0.39 is 10.0 Å². The van der Waals surface area contributed by atoms with Crippen molar-refractivity contribution in [2.24, 2.45) is 0 Å². The van der Waals surface area contributed by atoms with Gasteiger partial charge in [-0.1, -0.05) is 18.2 Å². The topological polar surface area (TPSA) is 75.3 Å². The fraction of sp³-hybridized carbons (Fsp3) is 0.0714. The van der Waals surface area contributed by atoms with Crippen LogP contribution in [-0.4, -0.2) is 14.3 Å². The minimum atomic E-state index is -3.69. The van der Waals surface area contributed by atoms with Crippen LogP contribution in [-0.2, 0) is 14.8 Å². The molecule has 0 fully saturated rings. The summed E-state index contributed by atoms with van der Waals surface area (Å²) in [6, 6.07) is 12.9. The zero-order valence-electron chi connectivity index (χ0n) is 11.2. The van der Waals surface area contributed by atoms with Gasteiger partial charge in [-0.15, -0.1) is 12.6 Å². The normalized spacial score (nSPS) is 11.0. The van der Waals surface area contributed by atoms with Gasteiger partial charge in [0.05, 0.1) is 10.6 Å². The van der Waals surface area contributed by atoms with Crippen molar-refractivity contribution >= 4 is 39.9 Å². The molecule has 2 aromatic carbocycles. The summed E-state index contributed by atoms with van der Waals surface area (Å²) in [7, 11) is -3.69. The lowest BCUT2D eigenvalue weighted by molar-refractivity contribution is -0.114. The van der Waals surface area contributed by atoms with Gasteiger partial charge in [0.1, 0.15) is 0 Å². The maximum absolute atomic E-state index is 12.3. The standard InChI is InChI=1S/C14H14N2O3S2/c1-10(17)15-13-8-7-12(9-14(13)20)21(18,19)16-11-5-3-2-4-6-11/h2-9,16,20H,1H3,(H,15,17). The Balaban J connectivity index is 2.29. The van der Waals surface area contributed by atoms with Crippen molar-refractivity contribution in [1.29, 1.82) is 0 Å². The van der Waals surface area contributed by atoms with Gasteiger partial charge in [-0.3, -0.25) is 9.52 Å². The van der Waals surface area contributed by atoms with Crippen molar-refractivity contribution in [3.8, 4) is 0 Å². The van der Waals surface area contributed by atoms with Crippen LogP contribution in [0.25, 0.3) is 0 Å². The van der Waals surface area contributed by atoms with Crippen LogP contribution in [0.4, 0.5) is 11.4 Å². The lowest BCUT2D eigenvalue weighted by Crippen LogP contribution is -2.13. The Bertz CT molecular complexity index is 759. The Hall–Kier alpha value is -1.99. The van der Waals surface area contributed by atoms with E-state index in [0.29, 0.717) is 16.3 Å². The Morgan fingerprint density at radius 1 is 1.10 bits per heavy atom. The molecule has 0 aromatic heterocycles. The maximum Gasteiger partial charge on any atom is 0.261 e. The first-order valence-corrected chi connectivity index (χ1v) is 8.00. The Kier molecular flexibility index (Phi) is 4.54. The van der Waals surface area contributed by atoms with E-state index in [0.717, 1.165) is 0 Å². The van der Waals surface area contributed by atoms with E-state index in [9.17, 15) is 13.2 Å². The molecule has 7 heteroatoms. The van der Waals surface area contributed by atoms with Crippen molar-refractivity contribution in [1.82, 2.24) is 0 Å². The number of carbonyl (C=O) groups excluding carboxylic acids is 1. The zero-order valence-corrected chi connectivity index (χ0v) is 12.9. The van der Waals surface area contributed by atoms with Crippen molar-refractivity contribution < 1.29 is 13.2 Å². The van der Waals surface area contributed by atoms with E-state index in [2.05, 4.69) is 22.7 Å². The molecule has 0 radical (unpaired) electrons. The third kappa shape index (κ3) is 3.99. The number of carbonyl (C=O) groups is 1. The summed E-state index contributed by atoms with van der Waals surface area (Å²) in [5.41, 5.74) is 0.939. The van der Waals surface area contributed by atoms with E-state index in [-0.39, 0.29) is 10.8 Å². The maximum atomic E-state index is 12.3. The average Bonchev–Trinajstić information content (AvgIpc) is 2.41. The summed E-state index contributed by atoms with van der Waals surface area (Å²) < 4.78 is 27.0. The lowest BCUT2D eigenvalue weighted by Gasteiger charge is -2.10. The molecule has 21 heavy (non-hydrogen) atoms. The summed E-state index contributed by atoms with van der Waals surface area (Å²) in [5, 5.41) is 2.57. The molecule has 2 rings (SSSR count). The molecule has 0 bridgehead atoms. The highest BCUT2D eigenvalue weighted by Gasteiger charge is 2.15. The van der Waals surface area contributed by atoms with Gasteiger partial charge in [-0.05, 0) is 30.3 Å². The lowest BCUT2D eigenvalue weighted by atomic mass is 10.3. The number of nitrogens with one attached hydrogen (secondary N) is 2. The minimum Gasteiger partial charge on any atom is -0.325 e. The van der Waals surface area contributed by atoms with Gasteiger partial charge in [0.2, 0.25) is 5.91 Å². The average molecular weight is 322 g/mol. The van der Waals surface area contributed by atoms with Crippen LogP contribution < -0.4 is 10.0 Å². The quantitative estimate of drug-likeness (QED) is 0.758. The van der Waals surface area contributed by atoms with Crippen molar-refractivity contribution in [2.45, 2.75) is 16.7 Å². The van der Waals surface area contributed by atoms with Gasteiger partial charge >= 0.3 is 0 Å². The van der Waals surface area contributed by atoms with E-state index in [1.165, 1.54) is 25.1 Å². The third-order valence-electron chi connectivity index (χ3n) is 2.62. The molecule has 0 spiro atoms. The monoisotopic (exact) mass is 322 g/mol. The smallest absolute Gasteiger partial charge is 0.261 e. The molecule has 5 nitrogen and oxygen atoms in total. The molecule has 0 aliphatic rings. The van der Waals surface area contributed by atoms with Crippen LogP contribution in [0.15, 0.2) is 58.3 Å². The second-order valence-electron chi connectivity index (χ2n) is 4.33. The van der Waals surface area contributed by atoms with Gasteiger partial charge in [-0.2, -0.15) is 0 Å². The van der Waals surface area contributed by atoms with Crippen molar-refractivity contribution in [2.75, 3.05) is 10.0 Å². The Labute approximate surface area is 128 Å². The van der Waals surface area contributed by atoms with E-state index >= 15 is 0 Å².